The normalized spacial score (nSPS) is 27.3. The molecule has 0 saturated carbocycles. The molecule has 6 heteroatoms. The summed E-state index contributed by atoms with van der Waals surface area (Å²) >= 11 is 0. The van der Waals surface area contributed by atoms with Gasteiger partial charge in [0.2, 0.25) is 0 Å². The van der Waals surface area contributed by atoms with Gasteiger partial charge in [0.05, 0.1) is 28.3 Å². The van der Waals surface area contributed by atoms with E-state index in [1.54, 1.807) is 0 Å². The summed E-state index contributed by atoms with van der Waals surface area (Å²) in [6, 6.07) is 6.51. The molecule has 5 nitrogen and oxygen atoms in total. The van der Waals surface area contributed by atoms with E-state index in [9.17, 15) is 0 Å². The van der Waals surface area contributed by atoms with Crippen LogP contribution in [0.25, 0.3) is 11.0 Å². The molecule has 0 amide bonds. The standard InChI is InChI=1S/C19H28BN3O2/c1-17(2)10-15(21-11-17)16-22-13-8-7-12(9-14(13)23-16)20-24-18(3,4)19(5,6)25-20/h7-9,15,21H,10-11H2,1-6H3,(H,22,23). The van der Waals surface area contributed by atoms with Gasteiger partial charge in [-0.3, -0.25) is 0 Å². The Balaban J connectivity index is 1.61. The molecule has 2 aliphatic heterocycles. The van der Waals surface area contributed by atoms with Crippen molar-refractivity contribution in [2.24, 2.45) is 5.41 Å². The molecule has 3 heterocycles. The van der Waals surface area contributed by atoms with Crippen LogP contribution < -0.4 is 10.8 Å². The molecule has 134 valence electrons. The minimum atomic E-state index is -0.343. The molecule has 2 saturated heterocycles. The number of aromatic amines is 1. The minimum absolute atomic E-state index is 0.294. The van der Waals surface area contributed by atoms with Crippen molar-refractivity contribution in [1.29, 1.82) is 0 Å². The summed E-state index contributed by atoms with van der Waals surface area (Å²) in [4.78, 5) is 8.28. The van der Waals surface area contributed by atoms with Crippen molar-refractivity contribution in [3.8, 4) is 0 Å². The van der Waals surface area contributed by atoms with Gasteiger partial charge < -0.3 is 19.6 Å². The molecule has 2 N–H and O–H groups in total. The van der Waals surface area contributed by atoms with E-state index in [0.717, 1.165) is 35.3 Å². The second-order valence-corrected chi connectivity index (χ2v) is 9.29. The first-order valence-electron chi connectivity index (χ1n) is 9.15. The highest BCUT2D eigenvalue weighted by atomic mass is 16.7. The van der Waals surface area contributed by atoms with Gasteiger partial charge in [0, 0.05) is 6.54 Å². The second kappa shape index (κ2) is 5.32. The fourth-order valence-corrected chi connectivity index (χ4v) is 3.63. The fraction of sp³-hybridized carbons (Fsp3) is 0.632. The van der Waals surface area contributed by atoms with E-state index in [2.05, 4.69) is 70.0 Å². The van der Waals surface area contributed by atoms with E-state index in [4.69, 9.17) is 14.3 Å². The average Bonchev–Trinajstić information content (AvgIpc) is 3.12. The van der Waals surface area contributed by atoms with E-state index in [1.165, 1.54) is 0 Å². The molecular formula is C19H28BN3O2. The monoisotopic (exact) mass is 341 g/mol. The molecule has 1 aromatic carbocycles. The van der Waals surface area contributed by atoms with Gasteiger partial charge in [0.1, 0.15) is 5.82 Å². The van der Waals surface area contributed by atoms with Gasteiger partial charge in [-0.05, 0) is 57.1 Å². The quantitative estimate of drug-likeness (QED) is 0.825. The van der Waals surface area contributed by atoms with Crippen LogP contribution in [0.4, 0.5) is 0 Å². The zero-order valence-corrected chi connectivity index (χ0v) is 16.1. The maximum absolute atomic E-state index is 6.16. The highest BCUT2D eigenvalue weighted by molar-refractivity contribution is 6.62. The third kappa shape index (κ3) is 2.90. The Morgan fingerprint density at radius 1 is 1.08 bits per heavy atom. The highest BCUT2D eigenvalue weighted by Crippen LogP contribution is 2.37. The number of aromatic nitrogens is 2. The Bertz CT molecular complexity index is 796. The summed E-state index contributed by atoms with van der Waals surface area (Å²) in [6.07, 6.45) is 1.09. The van der Waals surface area contributed by atoms with E-state index in [1.807, 2.05) is 0 Å². The topological polar surface area (TPSA) is 59.2 Å². The Hall–Kier alpha value is -1.37. The summed E-state index contributed by atoms with van der Waals surface area (Å²) < 4.78 is 12.3. The molecule has 1 unspecified atom stereocenters. The summed E-state index contributed by atoms with van der Waals surface area (Å²) in [7, 11) is -0.343. The molecule has 1 atom stereocenters. The van der Waals surface area contributed by atoms with Gasteiger partial charge in [-0.25, -0.2) is 4.98 Å². The molecule has 0 spiro atoms. The number of benzene rings is 1. The van der Waals surface area contributed by atoms with Crippen LogP contribution >= 0.6 is 0 Å². The highest BCUT2D eigenvalue weighted by Gasteiger charge is 2.51. The number of imidazole rings is 1. The summed E-state index contributed by atoms with van der Waals surface area (Å²) in [6.45, 7) is 13.9. The van der Waals surface area contributed by atoms with Crippen molar-refractivity contribution in [3.63, 3.8) is 0 Å². The molecule has 0 bridgehead atoms. The maximum atomic E-state index is 6.16. The van der Waals surface area contributed by atoms with Gasteiger partial charge >= 0.3 is 7.12 Å². The van der Waals surface area contributed by atoms with Crippen LogP contribution in [0, 0.1) is 5.41 Å². The summed E-state index contributed by atoms with van der Waals surface area (Å²) in [5.74, 6) is 1.02. The summed E-state index contributed by atoms with van der Waals surface area (Å²) in [5, 5.41) is 3.57. The molecule has 1 aromatic heterocycles. The SMILES string of the molecule is CC1(C)CNC(c2nc3ccc(B4OC(C)(C)C(C)(C)O4)cc3[nH]2)C1. The molecule has 4 rings (SSSR count). The van der Waals surface area contributed by atoms with Crippen LogP contribution in [0.1, 0.15) is 59.8 Å². The van der Waals surface area contributed by atoms with E-state index >= 15 is 0 Å². The number of hydrogen-bond acceptors (Lipinski definition) is 4. The predicted octanol–water partition coefficient (Wildman–Crippen LogP) is 2.92. The fourth-order valence-electron chi connectivity index (χ4n) is 3.63. The van der Waals surface area contributed by atoms with E-state index < -0.39 is 0 Å². The van der Waals surface area contributed by atoms with Gasteiger partial charge in [-0.1, -0.05) is 19.9 Å². The Morgan fingerprint density at radius 3 is 2.36 bits per heavy atom. The first-order valence-corrected chi connectivity index (χ1v) is 9.15. The zero-order valence-electron chi connectivity index (χ0n) is 16.1. The van der Waals surface area contributed by atoms with Crippen molar-refractivity contribution in [2.45, 2.75) is 65.2 Å². The van der Waals surface area contributed by atoms with Gasteiger partial charge in [-0.15, -0.1) is 0 Å². The van der Waals surface area contributed by atoms with Crippen LogP contribution in [0.2, 0.25) is 0 Å². The smallest absolute Gasteiger partial charge is 0.399 e. The molecule has 25 heavy (non-hydrogen) atoms. The van der Waals surface area contributed by atoms with Crippen LogP contribution in [0.5, 0.6) is 0 Å². The lowest BCUT2D eigenvalue weighted by Gasteiger charge is -2.32. The first-order chi connectivity index (χ1) is 11.6. The van der Waals surface area contributed by atoms with Crippen molar-refractivity contribution in [1.82, 2.24) is 15.3 Å². The maximum Gasteiger partial charge on any atom is 0.494 e. The number of nitrogens with zero attached hydrogens (tertiary/aromatic N) is 1. The van der Waals surface area contributed by atoms with Crippen LogP contribution in [0.15, 0.2) is 18.2 Å². The minimum Gasteiger partial charge on any atom is -0.399 e. The number of rotatable bonds is 2. The first kappa shape index (κ1) is 17.1. The summed E-state index contributed by atoms with van der Waals surface area (Å²) in [5.41, 5.74) is 2.71. The van der Waals surface area contributed by atoms with Crippen LogP contribution in [-0.4, -0.2) is 34.8 Å². The number of nitrogens with one attached hydrogen (secondary N) is 2. The molecule has 0 radical (unpaired) electrons. The largest absolute Gasteiger partial charge is 0.494 e. The van der Waals surface area contributed by atoms with Crippen LogP contribution in [-0.2, 0) is 9.31 Å². The number of hydrogen-bond donors (Lipinski definition) is 2. The third-order valence-electron chi connectivity index (χ3n) is 5.96. The molecule has 2 aromatic rings. The zero-order chi connectivity index (χ0) is 18.0. The van der Waals surface area contributed by atoms with Crippen LogP contribution in [0.3, 0.4) is 0 Å². The van der Waals surface area contributed by atoms with E-state index in [0.29, 0.717) is 11.5 Å². The van der Waals surface area contributed by atoms with Gasteiger partial charge in [0.15, 0.2) is 0 Å². The molecule has 0 aliphatic carbocycles. The lowest BCUT2D eigenvalue weighted by atomic mass is 9.79. The van der Waals surface area contributed by atoms with Gasteiger partial charge in [0.25, 0.3) is 0 Å². The van der Waals surface area contributed by atoms with Crippen molar-refractivity contribution >= 4 is 23.6 Å². The lowest BCUT2D eigenvalue weighted by molar-refractivity contribution is 0.00578. The molecule has 2 aliphatic rings. The average molecular weight is 341 g/mol. The third-order valence-corrected chi connectivity index (χ3v) is 5.96. The van der Waals surface area contributed by atoms with Gasteiger partial charge in [-0.2, -0.15) is 0 Å². The Morgan fingerprint density at radius 2 is 1.76 bits per heavy atom. The predicted molar refractivity (Wildman–Crippen MR) is 101 cm³/mol. The molecule has 2 fully saturated rings. The van der Waals surface area contributed by atoms with Crippen molar-refractivity contribution in [2.75, 3.05) is 6.54 Å². The van der Waals surface area contributed by atoms with Crippen molar-refractivity contribution < 1.29 is 9.31 Å². The number of H-pyrrole nitrogens is 1. The lowest BCUT2D eigenvalue weighted by Crippen LogP contribution is -2.41. The number of fused-ring (bicyclic) bond motifs is 1. The Labute approximate surface area is 150 Å². The molecular weight excluding hydrogens is 313 g/mol. The Kier molecular flexibility index (Phi) is 3.63. The second-order valence-electron chi connectivity index (χ2n) is 9.29. The van der Waals surface area contributed by atoms with E-state index in [-0.39, 0.29) is 18.3 Å². The van der Waals surface area contributed by atoms with Crippen molar-refractivity contribution in [3.05, 3.63) is 24.0 Å².